The molecule has 23 heavy (non-hydrogen) atoms. The van der Waals surface area contributed by atoms with Crippen molar-refractivity contribution in [3.8, 4) is 5.75 Å². The van der Waals surface area contributed by atoms with Crippen molar-refractivity contribution in [3.63, 3.8) is 0 Å². The fraction of sp³-hybridized carbons (Fsp3) is 0.357. The molecule has 0 spiro atoms. The summed E-state index contributed by atoms with van der Waals surface area (Å²) < 4.78 is 14.2. The summed E-state index contributed by atoms with van der Waals surface area (Å²) >= 11 is 11.6. The van der Waals surface area contributed by atoms with Crippen LogP contribution in [0.5, 0.6) is 5.75 Å². The fourth-order valence-electron chi connectivity index (χ4n) is 1.56. The topological polar surface area (TPSA) is 90.9 Å². The van der Waals surface area contributed by atoms with Crippen molar-refractivity contribution < 1.29 is 28.6 Å². The largest absolute Gasteiger partial charge is 0.482 e. The maximum Gasteiger partial charge on any atom is 0.328 e. The van der Waals surface area contributed by atoms with Gasteiger partial charge in [0, 0.05) is 5.02 Å². The molecule has 1 amide bonds. The number of nitrogens with one attached hydrogen (secondary N) is 1. The van der Waals surface area contributed by atoms with Gasteiger partial charge in [0.15, 0.2) is 6.61 Å². The van der Waals surface area contributed by atoms with Crippen molar-refractivity contribution in [2.24, 2.45) is 0 Å². The van der Waals surface area contributed by atoms with Crippen molar-refractivity contribution >= 4 is 41.0 Å². The number of halogens is 2. The third-order valence-electron chi connectivity index (χ3n) is 2.67. The van der Waals surface area contributed by atoms with Crippen LogP contribution in [0.4, 0.5) is 0 Å². The summed E-state index contributed by atoms with van der Waals surface area (Å²) in [7, 11) is 2.31. The molecule has 1 rings (SSSR count). The van der Waals surface area contributed by atoms with Crippen molar-refractivity contribution in [2.75, 3.05) is 20.8 Å². The van der Waals surface area contributed by atoms with E-state index in [4.69, 9.17) is 27.9 Å². The van der Waals surface area contributed by atoms with E-state index in [1.165, 1.54) is 19.2 Å². The van der Waals surface area contributed by atoms with Crippen LogP contribution in [-0.2, 0) is 23.9 Å². The predicted molar refractivity (Wildman–Crippen MR) is 82.5 cm³/mol. The number of carbonyl (C=O) groups excluding carboxylic acids is 3. The molecule has 1 aromatic carbocycles. The second-order valence-corrected chi connectivity index (χ2v) is 5.13. The van der Waals surface area contributed by atoms with Crippen molar-refractivity contribution in [2.45, 2.75) is 12.5 Å². The lowest BCUT2D eigenvalue weighted by atomic mass is 10.2. The third kappa shape index (κ3) is 6.33. The number of hydrogen-bond donors (Lipinski definition) is 1. The number of carbonyl (C=O) groups is 3. The lowest BCUT2D eigenvalue weighted by Crippen LogP contribution is -2.44. The van der Waals surface area contributed by atoms with Crippen molar-refractivity contribution in [1.29, 1.82) is 0 Å². The highest BCUT2D eigenvalue weighted by molar-refractivity contribution is 6.35. The second-order valence-electron chi connectivity index (χ2n) is 4.29. The first-order valence-electron chi connectivity index (χ1n) is 6.39. The molecule has 0 saturated heterocycles. The minimum Gasteiger partial charge on any atom is -0.482 e. The van der Waals surface area contributed by atoms with Crippen molar-refractivity contribution in [3.05, 3.63) is 28.2 Å². The lowest BCUT2D eigenvalue weighted by Gasteiger charge is -2.15. The molecule has 1 atom stereocenters. The average Bonchev–Trinajstić information content (AvgIpc) is 2.52. The number of methoxy groups -OCH3 is 2. The summed E-state index contributed by atoms with van der Waals surface area (Å²) in [6.07, 6.45) is -0.351. The van der Waals surface area contributed by atoms with Gasteiger partial charge in [0.05, 0.1) is 25.7 Å². The Hall–Kier alpha value is -1.99. The van der Waals surface area contributed by atoms with E-state index in [-0.39, 0.29) is 17.2 Å². The first-order chi connectivity index (χ1) is 10.9. The minimum atomic E-state index is -1.16. The number of rotatable bonds is 7. The van der Waals surface area contributed by atoms with Gasteiger partial charge >= 0.3 is 11.9 Å². The number of esters is 2. The first kappa shape index (κ1) is 19.1. The molecule has 0 saturated carbocycles. The molecule has 7 nitrogen and oxygen atoms in total. The highest BCUT2D eigenvalue weighted by Gasteiger charge is 2.25. The molecule has 0 aliphatic carbocycles. The van der Waals surface area contributed by atoms with Crippen LogP contribution in [0.3, 0.4) is 0 Å². The Kier molecular flexibility index (Phi) is 7.64. The zero-order valence-electron chi connectivity index (χ0n) is 12.4. The highest BCUT2D eigenvalue weighted by atomic mass is 35.5. The molecule has 1 unspecified atom stereocenters. The van der Waals surface area contributed by atoms with Crippen LogP contribution in [0.2, 0.25) is 10.0 Å². The number of hydrogen-bond acceptors (Lipinski definition) is 6. The Bertz CT molecular complexity index is 593. The summed E-state index contributed by atoms with van der Waals surface area (Å²) in [4.78, 5) is 34.6. The van der Waals surface area contributed by atoms with Gasteiger partial charge in [-0.05, 0) is 18.2 Å². The Morgan fingerprint density at radius 3 is 2.43 bits per heavy atom. The number of benzene rings is 1. The molecule has 0 radical (unpaired) electrons. The molecule has 0 fully saturated rings. The van der Waals surface area contributed by atoms with Crippen LogP contribution in [0.15, 0.2) is 18.2 Å². The SMILES string of the molecule is COC(=O)CC(NC(=O)COc1ccc(Cl)cc1Cl)C(=O)OC. The summed E-state index contributed by atoms with van der Waals surface area (Å²) in [5, 5.41) is 2.99. The van der Waals surface area contributed by atoms with Crippen molar-refractivity contribution in [1.82, 2.24) is 5.32 Å². The lowest BCUT2D eigenvalue weighted by molar-refractivity contribution is -0.150. The summed E-state index contributed by atoms with van der Waals surface area (Å²) in [5.74, 6) is -1.81. The molecule has 0 aliphatic rings. The molecular weight excluding hydrogens is 349 g/mol. The maximum absolute atomic E-state index is 11.8. The maximum atomic E-state index is 11.8. The monoisotopic (exact) mass is 363 g/mol. The molecule has 1 aromatic rings. The van der Waals surface area contributed by atoms with Gasteiger partial charge in [0.2, 0.25) is 0 Å². The van der Waals surface area contributed by atoms with Crippen LogP contribution in [0, 0.1) is 0 Å². The Morgan fingerprint density at radius 2 is 1.87 bits per heavy atom. The Morgan fingerprint density at radius 1 is 1.17 bits per heavy atom. The van der Waals surface area contributed by atoms with Gasteiger partial charge in [0.1, 0.15) is 11.8 Å². The smallest absolute Gasteiger partial charge is 0.328 e. The van der Waals surface area contributed by atoms with Gasteiger partial charge in [-0.1, -0.05) is 23.2 Å². The average molecular weight is 364 g/mol. The van der Waals surface area contributed by atoms with E-state index in [0.717, 1.165) is 7.11 Å². The molecule has 1 N–H and O–H groups in total. The van der Waals surface area contributed by atoms with E-state index in [1.807, 2.05) is 0 Å². The number of amides is 1. The standard InChI is InChI=1S/C14H15Cl2NO6/c1-21-13(19)6-10(14(20)22-2)17-12(18)7-23-11-4-3-8(15)5-9(11)16/h3-5,10H,6-7H2,1-2H3,(H,17,18). The highest BCUT2D eigenvalue weighted by Crippen LogP contribution is 2.27. The predicted octanol–water partition coefficient (Wildman–Crippen LogP) is 1.59. The van der Waals surface area contributed by atoms with Crippen LogP contribution in [0.25, 0.3) is 0 Å². The van der Waals surface area contributed by atoms with Gasteiger partial charge in [-0.3, -0.25) is 9.59 Å². The Labute approximate surface area is 142 Å². The molecule has 9 heteroatoms. The van der Waals surface area contributed by atoms with Gasteiger partial charge in [-0.15, -0.1) is 0 Å². The first-order valence-corrected chi connectivity index (χ1v) is 7.14. The summed E-state index contributed by atoms with van der Waals surface area (Å²) in [5.41, 5.74) is 0. The molecule has 126 valence electrons. The van der Waals surface area contributed by atoms with E-state index in [2.05, 4.69) is 14.8 Å². The normalized spacial score (nSPS) is 11.3. The fourth-order valence-corrected chi connectivity index (χ4v) is 2.02. The zero-order valence-corrected chi connectivity index (χ0v) is 13.9. The second kappa shape index (κ2) is 9.22. The third-order valence-corrected chi connectivity index (χ3v) is 3.20. The number of ether oxygens (including phenoxy) is 3. The molecule has 0 heterocycles. The van der Waals surface area contributed by atoms with E-state index in [9.17, 15) is 14.4 Å². The van der Waals surface area contributed by atoms with Gasteiger partial charge in [0.25, 0.3) is 5.91 Å². The van der Waals surface area contributed by atoms with Crippen LogP contribution < -0.4 is 10.1 Å². The molecule has 0 aromatic heterocycles. The van der Waals surface area contributed by atoms with Crippen LogP contribution in [-0.4, -0.2) is 44.7 Å². The van der Waals surface area contributed by atoms with E-state index in [1.54, 1.807) is 6.07 Å². The quantitative estimate of drug-likeness (QED) is 0.739. The molecule has 0 bridgehead atoms. The van der Waals surface area contributed by atoms with Crippen LogP contribution >= 0.6 is 23.2 Å². The summed E-state index contributed by atoms with van der Waals surface area (Å²) in [6, 6.07) is 3.36. The van der Waals surface area contributed by atoms with Gasteiger partial charge in [-0.25, -0.2) is 4.79 Å². The van der Waals surface area contributed by atoms with Crippen LogP contribution in [0.1, 0.15) is 6.42 Å². The van der Waals surface area contributed by atoms with E-state index in [0.29, 0.717) is 5.02 Å². The van der Waals surface area contributed by atoms with Gasteiger partial charge in [-0.2, -0.15) is 0 Å². The van der Waals surface area contributed by atoms with E-state index < -0.39 is 30.5 Å². The Balaban J connectivity index is 2.61. The molecular formula is C14H15Cl2NO6. The minimum absolute atomic E-state index is 0.240. The van der Waals surface area contributed by atoms with E-state index >= 15 is 0 Å². The zero-order chi connectivity index (χ0) is 17.4. The molecule has 0 aliphatic heterocycles. The van der Waals surface area contributed by atoms with Gasteiger partial charge < -0.3 is 19.5 Å². The summed E-state index contributed by atoms with van der Waals surface area (Å²) in [6.45, 7) is -0.407.